The number of nitrogens with one attached hydrogen (secondary N) is 2. The van der Waals surface area contributed by atoms with Crippen molar-refractivity contribution in [2.75, 3.05) is 51.2 Å². The number of para-hydroxylation sites is 1. The molecule has 1 aromatic heterocycles. The topological polar surface area (TPSA) is 86.8 Å². The Kier molecular flexibility index (Phi) is 9.92. The van der Waals surface area contributed by atoms with E-state index in [4.69, 9.17) is 9.72 Å². The molecular weight excluding hydrogens is 526 g/mol. The summed E-state index contributed by atoms with van der Waals surface area (Å²) in [6.07, 6.45) is 8.92. The minimum atomic E-state index is -0.482. The molecule has 1 aliphatic carbocycles. The lowest BCUT2D eigenvalue weighted by Crippen LogP contribution is -2.40. The van der Waals surface area contributed by atoms with Gasteiger partial charge in [-0.2, -0.15) is 0 Å². The van der Waals surface area contributed by atoms with Crippen LogP contribution in [0.15, 0.2) is 30.3 Å². The van der Waals surface area contributed by atoms with Gasteiger partial charge in [0.25, 0.3) is 5.91 Å². The van der Waals surface area contributed by atoms with Gasteiger partial charge in [0.1, 0.15) is 11.4 Å². The number of carbonyl (C=O) groups excluding carboxylic acids is 2. The van der Waals surface area contributed by atoms with E-state index in [-0.39, 0.29) is 12.0 Å². The predicted molar refractivity (Wildman–Crippen MR) is 169 cm³/mol. The quantitative estimate of drug-likeness (QED) is 0.429. The number of piperidine rings is 2. The van der Waals surface area contributed by atoms with Gasteiger partial charge in [0.15, 0.2) is 0 Å². The van der Waals surface area contributed by atoms with Crippen LogP contribution in [0.5, 0.6) is 0 Å². The molecule has 2 aromatic rings. The van der Waals surface area contributed by atoms with Crippen molar-refractivity contribution >= 4 is 28.7 Å². The van der Waals surface area contributed by atoms with Crippen LogP contribution >= 0.6 is 0 Å². The van der Waals surface area contributed by atoms with Gasteiger partial charge in [-0.15, -0.1) is 0 Å². The molecule has 0 unspecified atom stereocenters. The molecule has 8 heteroatoms. The Hall–Kier alpha value is -2.87. The van der Waals surface area contributed by atoms with E-state index in [0.29, 0.717) is 24.9 Å². The zero-order chi connectivity index (χ0) is 29.7. The molecule has 2 amide bonds. The number of benzene rings is 1. The van der Waals surface area contributed by atoms with Gasteiger partial charge < -0.3 is 25.2 Å². The molecule has 0 radical (unpaired) electrons. The number of carbonyl (C=O) groups is 2. The van der Waals surface area contributed by atoms with Gasteiger partial charge in [-0.25, -0.2) is 9.78 Å². The van der Waals surface area contributed by atoms with Crippen LogP contribution in [-0.4, -0.2) is 73.8 Å². The molecule has 2 saturated heterocycles. The number of likely N-dealkylation sites (tertiary alicyclic amines) is 1. The number of hydrogen-bond donors (Lipinski definition) is 2. The van der Waals surface area contributed by atoms with Crippen molar-refractivity contribution < 1.29 is 14.3 Å². The molecule has 1 aromatic carbocycles. The summed E-state index contributed by atoms with van der Waals surface area (Å²) in [6, 6.07) is 10.0. The van der Waals surface area contributed by atoms with E-state index in [1.807, 2.05) is 51.1 Å². The average molecular weight is 578 g/mol. The van der Waals surface area contributed by atoms with Gasteiger partial charge in [0, 0.05) is 31.6 Å². The minimum absolute atomic E-state index is 0.00947. The molecule has 0 bridgehead atoms. The summed E-state index contributed by atoms with van der Waals surface area (Å²) in [5, 5.41) is 7.09. The zero-order valence-electron chi connectivity index (χ0n) is 26.2. The second kappa shape index (κ2) is 13.6. The number of nitrogens with zero attached hydrogens (tertiary/aromatic N) is 3. The van der Waals surface area contributed by atoms with Crippen LogP contribution in [0.25, 0.3) is 10.9 Å². The fourth-order valence-electron chi connectivity index (χ4n) is 7.13. The molecule has 0 atom stereocenters. The van der Waals surface area contributed by atoms with Crippen LogP contribution in [0.1, 0.15) is 82.5 Å². The fraction of sp³-hybridized carbons (Fsp3) is 0.676. The third-order valence-electron chi connectivity index (χ3n) is 9.69. The molecule has 1 saturated carbocycles. The highest BCUT2D eigenvalue weighted by Gasteiger charge is 2.30. The molecule has 0 spiro atoms. The van der Waals surface area contributed by atoms with Crippen LogP contribution in [0.2, 0.25) is 0 Å². The predicted octanol–water partition coefficient (Wildman–Crippen LogP) is 5.85. The van der Waals surface area contributed by atoms with Gasteiger partial charge in [0.2, 0.25) is 0 Å². The highest BCUT2D eigenvalue weighted by atomic mass is 16.6. The number of amides is 2. The lowest BCUT2D eigenvalue weighted by Gasteiger charge is -2.40. The first-order valence-corrected chi connectivity index (χ1v) is 16.2. The van der Waals surface area contributed by atoms with Crippen molar-refractivity contribution in [2.24, 2.45) is 23.7 Å². The van der Waals surface area contributed by atoms with Crippen LogP contribution in [0, 0.1) is 23.7 Å². The molecule has 5 rings (SSSR count). The van der Waals surface area contributed by atoms with Crippen LogP contribution in [0.3, 0.4) is 0 Å². The second-order valence-corrected chi connectivity index (χ2v) is 14.0. The number of anilines is 1. The minimum Gasteiger partial charge on any atom is -0.444 e. The largest absolute Gasteiger partial charge is 0.444 e. The molecule has 8 nitrogen and oxygen atoms in total. The number of alkyl carbamates (subject to hydrolysis) is 1. The van der Waals surface area contributed by atoms with Crippen LogP contribution < -0.4 is 15.5 Å². The normalized spacial score (nSPS) is 23.1. The first-order valence-electron chi connectivity index (χ1n) is 16.2. The summed E-state index contributed by atoms with van der Waals surface area (Å²) < 4.78 is 5.36. The Morgan fingerprint density at radius 1 is 0.857 bits per heavy atom. The van der Waals surface area contributed by atoms with Gasteiger partial charge in [-0.05, 0) is 128 Å². The molecule has 3 heterocycles. The average Bonchev–Trinajstić information content (AvgIpc) is 2.98. The number of fused-ring (bicyclic) bond motifs is 1. The Labute approximate surface area is 251 Å². The molecule has 2 N–H and O–H groups in total. The van der Waals surface area contributed by atoms with E-state index in [1.54, 1.807) is 0 Å². The maximum Gasteiger partial charge on any atom is 0.407 e. The smallest absolute Gasteiger partial charge is 0.407 e. The summed E-state index contributed by atoms with van der Waals surface area (Å²) in [6.45, 7) is 11.4. The van der Waals surface area contributed by atoms with Crippen LogP contribution in [0.4, 0.5) is 10.6 Å². The molecule has 3 fully saturated rings. The highest BCUT2D eigenvalue weighted by Crippen LogP contribution is 2.34. The van der Waals surface area contributed by atoms with Crippen molar-refractivity contribution in [2.45, 2.75) is 77.7 Å². The number of ether oxygens (including phenoxy) is 1. The van der Waals surface area contributed by atoms with Crippen molar-refractivity contribution in [3.05, 3.63) is 35.9 Å². The molecule has 230 valence electrons. The van der Waals surface area contributed by atoms with Gasteiger partial charge in [-0.3, -0.25) is 4.79 Å². The fourth-order valence-corrected chi connectivity index (χ4v) is 7.13. The zero-order valence-corrected chi connectivity index (χ0v) is 26.2. The lowest BCUT2D eigenvalue weighted by molar-refractivity contribution is 0.0512. The van der Waals surface area contributed by atoms with E-state index in [0.717, 1.165) is 72.9 Å². The monoisotopic (exact) mass is 577 g/mol. The second-order valence-electron chi connectivity index (χ2n) is 14.0. The van der Waals surface area contributed by atoms with Crippen molar-refractivity contribution in [1.29, 1.82) is 0 Å². The van der Waals surface area contributed by atoms with E-state index >= 15 is 0 Å². The standard InChI is InChI=1S/C34H51N5O3/c1-34(2,3)42-33(41)36-23-25-11-9-24(10-12-25)22-35-32(40)29-21-31(37-30-8-6-5-7-28(29)30)39-19-15-27(16-20-39)26-13-17-38(4)18-14-26/h5-8,21,24-27H,9-20,22-23H2,1-4H3,(H,35,40)(H,36,41)/t24-,25-. The van der Waals surface area contributed by atoms with E-state index in [1.165, 1.54) is 38.8 Å². The number of rotatable bonds is 7. The van der Waals surface area contributed by atoms with Crippen molar-refractivity contribution in [1.82, 2.24) is 20.5 Å². The maximum atomic E-state index is 13.6. The first kappa shape index (κ1) is 30.6. The summed E-state index contributed by atoms with van der Waals surface area (Å²) in [5.41, 5.74) is 1.13. The maximum absolute atomic E-state index is 13.6. The molecule has 3 aliphatic rings. The molecular formula is C34H51N5O3. The summed E-state index contributed by atoms with van der Waals surface area (Å²) >= 11 is 0. The first-order chi connectivity index (χ1) is 20.1. The van der Waals surface area contributed by atoms with E-state index in [9.17, 15) is 9.59 Å². The Balaban J connectivity index is 1.14. The number of pyridine rings is 1. The third kappa shape index (κ3) is 8.15. The summed E-state index contributed by atoms with van der Waals surface area (Å²) in [4.78, 5) is 35.4. The number of hydrogen-bond acceptors (Lipinski definition) is 6. The lowest BCUT2D eigenvalue weighted by atomic mass is 9.79. The Morgan fingerprint density at radius 2 is 1.43 bits per heavy atom. The van der Waals surface area contributed by atoms with Gasteiger partial charge >= 0.3 is 6.09 Å². The summed E-state index contributed by atoms with van der Waals surface area (Å²) in [5.74, 6) is 3.49. The molecule has 42 heavy (non-hydrogen) atoms. The van der Waals surface area contributed by atoms with Crippen LogP contribution in [-0.2, 0) is 4.74 Å². The number of aromatic nitrogens is 1. The van der Waals surface area contributed by atoms with Crippen molar-refractivity contribution in [3.63, 3.8) is 0 Å². The Bertz CT molecular complexity index is 1200. The van der Waals surface area contributed by atoms with E-state index < -0.39 is 5.60 Å². The summed E-state index contributed by atoms with van der Waals surface area (Å²) in [7, 11) is 2.23. The third-order valence-corrected chi connectivity index (χ3v) is 9.69. The van der Waals surface area contributed by atoms with Gasteiger partial charge in [0.05, 0.1) is 11.1 Å². The van der Waals surface area contributed by atoms with Crippen molar-refractivity contribution in [3.8, 4) is 0 Å². The Morgan fingerprint density at radius 3 is 2.05 bits per heavy atom. The molecule has 2 aliphatic heterocycles. The SMILES string of the molecule is CN1CCC(C2CCN(c3cc(C(=O)NC[C@H]4CC[C@H](CNC(=O)OC(C)(C)C)CC4)c4ccccc4n3)CC2)CC1. The van der Waals surface area contributed by atoms with E-state index in [2.05, 4.69) is 27.5 Å². The highest BCUT2D eigenvalue weighted by molar-refractivity contribution is 6.07. The van der Waals surface area contributed by atoms with Gasteiger partial charge in [-0.1, -0.05) is 18.2 Å².